The third-order valence-electron chi connectivity index (χ3n) is 5.43. The Kier molecular flexibility index (Phi) is 5.80. The third-order valence-corrected chi connectivity index (χ3v) is 5.43. The Balaban J connectivity index is 1.70. The molecule has 1 aliphatic heterocycles. The van der Waals surface area contributed by atoms with E-state index in [0.29, 0.717) is 35.2 Å². The number of nitrogens with zero attached hydrogens (tertiary/aromatic N) is 2. The first-order valence-corrected chi connectivity index (χ1v) is 10.1. The maximum absolute atomic E-state index is 14.0. The molecule has 162 valence electrons. The molecule has 0 aliphatic carbocycles. The van der Waals surface area contributed by atoms with Crippen LogP contribution in [0.5, 0.6) is 0 Å². The van der Waals surface area contributed by atoms with Crippen molar-refractivity contribution >= 4 is 22.5 Å². The van der Waals surface area contributed by atoms with E-state index in [0.717, 1.165) is 31.4 Å². The average molecular weight is 431 g/mol. The van der Waals surface area contributed by atoms with Gasteiger partial charge in [-0.2, -0.15) is 13.2 Å². The van der Waals surface area contributed by atoms with Crippen LogP contribution in [-0.4, -0.2) is 28.9 Å². The summed E-state index contributed by atoms with van der Waals surface area (Å²) in [6, 6.07) is 9.04. The van der Waals surface area contributed by atoms with Crippen molar-refractivity contribution in [2.24, 2.45) is 0 Å². The van der Waals surface area contributed by atoms with Gasteiger partial charge < -0.3 is 10.2 Å². The normalized spacial score (nSPS) is 14.6. The number of likely N-dealkylation sites (tertiary alicyclic amines) is 1. The van der Waals surface area contributed by atoms with E-state index in [-0.39, 0.29) is 18.0 Å². The number of benzene rings is 2. The Morgan fingerprint density at radius 2 is 1.84 bits per heavy atom. The summed E-state index contributed by atoms with van der Waals surface area (Å²) in [4.78, 5) is 19.2. The van der Waals surface area contributed by atoms with E-state index in [1.165, 1.54) is 30.5 Å². The summed E-state index contributed by atoms with van der Waals surface area (Å²) in [5.74, 6) is -0.705. The first kappa shape index (κ1) is 21.1. The van der Waals surface area contributed by atoms with Gasteiger partial charge in [0.2, 0.25) is 0 Å². The lowest BCUT2D eigenvalue weighted by Gasteiger charge is -2.27. The molecule has 31 heavy (non-hydrogen) atoms. The summed E-state index contributed by atoms with van der Waals surface area (Å²) >= 11 is 0. The van der Waals surface area contributed by atoms with Crippen LogP contribution in [0.4, 0.5) is 23.2 Å². The van der Waals surface area contributed by atoms with E-state index < -0.39 is 17.6 Å². The fourth-order valence-corrected chi connectivity index (χ4v) is 3.83. The molecule has 1 fully saturated rings. The molecule has 2 heterocycles. The van der Waals surface area contributed by atoms with E-state index in [1.807, 2.05) is 0 Å². The predicted octanol–water partition coefficient (Wildman–Crippen LogP) is 5.63. The van der Waals surface area contributed by atoms with Crippen LogP contribution in [0, 0.1) is 5.82 Å². The number of alkyl halides is 3. The molecule has 0 radical (unpaired) electrons. The number of carbonyl (C=O) groups is 1. The van der Waals surface area contributed by atoms with E-state index in [9.17, 15) is 22.4 Å². The Morgan fingerprint density at radius 3 is 2.58 bits per heavy atom. The van der Waals surface area contributed by atoms with Crippen molar-refractivity contribution < 1.29 is 22.4 Å². The topological polar surface area (TPSA) is 45.2 Å². The third kappa shape index (κ3) is 4.62. The van der Waals surface area contributed by atoms with Crippen LogP contribution < -0.4 is 5.32 Å². The maximum Gasteiger partial charge on any atom is 0.416 e. The monoisotopic (exact) mass is 431 g/mol. The SMILES string of the molecule is O=C(c1cnc2ccc(F)cc2c1NCc1cccc(C(F)(F)F)c1)N1CCCCC1. The summed E-state index contributed by atoms with van der Waals surface area (Å²) in [6.45, 7) is 1.31. The lowest BCUT2D eigenvalue weighted by atomic mass is 10.0. The van der Waals surface area contributed by atoms with Crippen LogP contribution in [0.3, 0.4) is 0 Å². The zero-order valence-corrected chi connectivity index (χ0v) is 16.7. The Morgan fingerprint density at radius 1 is 1.06 bits per heavy atom. The predicted molar refractivity (Wildman–Crippen MR) is 110 cm³/mol. The van der Waals surface area contributed by atoms with Crippen LogP contribution in [0.15, 0.2) is 48.7 Å². The molecule has 1 amide bonds. The molecule has 0 spiro atoms. The van der Waals surface area contributed by atoms with E-state index in [2.05, 4.69) is 10.3 Å². The molecule has 4 rings (SSSR count). The minimum Gasteiger partial charge on any atom is -0.380 e. The summed E-state index contributed by atoms with van der Waals surface area (Å²) in [7, 11) is 0. The van der Waals surface area contributed by atoms with Gasteiger partial charge in [-0.25, -0.2) is 4.39 Å². The van der Waals surface area contributed by atoms with E-state index in [1.54, 1.807) is 11.0 Å². The summed E-state index contributed by atoms with van der Waals surface area (Å²) in [5, 5.41) is 3.49. The lowest BCUT2D eigenvalue weighted by Crippen LogP contribution is -2.36. The molecule has 0 atom stereocenters. The first-order chi connectivity index (χ1) is 14.8. The van der Waals surface area contributed by atoms with Crippen LogP contribution in [0.1, 0.15) is 40.7 Å². The highest BCUT2D eigenvalue weighted by molar-refractivity contribution is 6.07. The summed E-state index contributed by atoms with van der Waals surface area (Å²) in [6.07, 6.45) is -0.113. The number of hydrogen-bond acceptors (Lipinski definition) is 3. The number of piperidine rings is 1. The second kappa shape index (κ2) is 8.53. The van der Waals surface area contributed by atoms with Gasteiger partial charge in [0.1, 0.15) is 5.82 Å². The highest BCUT2D eigenvalue weighted by Gasteiger charge is 2.30. The van der Waals surface area contributed by atoms with Gasteiger partial charge in [0.25, 0.3) is 5.91 Å². The Hall–Kier alpha value is -3.16. The lowest BCUT2D eigenvalue weighted by molar-refractivity contribution is -0.137. The van der Waals surface area contributed by atoms with Crippen molar-refractivity contribution in [1.29, 1.82) is 0 Å². The molecule has 1 aromatic heterocycles. The van der Waals surface area contributed by atoms with Gasteiger partial charge >= 0.3 is 6.18 Å². The zero-order valence-electron chi connectivity index (χ0n) is 16.7. The fourth-order valence-electron chi connectivity index (χ4n) is 3.83. The number of anilines is 1. The van der Waals surface area contributed by atoms with E-state index >= 15 is 0 Å². The second-order valence-corrected chi connectivity index (χ2v) is 7.61. The van der Waals surface area contributed by atoms with Gasteiger partial charge in [0, 0.05) is 31.2 Å². The van der Waals surface area contributed by atoms with Gasteiger partial charge in [0.05, 0.1) is 22.3 Å². The van der Waals surface area contributed by atoms with Crippen molar-refractivity contribution in [1.82, 2.24) is 9.88 Å². The van der Waals surface area contributed by atoms with Crippen molar-refractivity contribution in [2.75, 3.05) is 18.4 Å². The molecule has 1 aliphatic rings. The molecule has 0 saturated carbocycles. The standard InChI is InChI=1S/C23H21F4N3O/c24-17-7-8-20-18(12-17)21(19(14-28-20)22(31)30-9-2-1-3-10-30)29-13-15-5-4-6-16(11-15)23(25,26)27/h4-8,11-12,14H,1-3,9-10,13H2,(H,28,29). The number of fused-ring (bicyclic) bond motifs is 1. The second-order valence-electron chi connectivity index (χ2n) is 7.61. The van der Waals surface area contributed by atoms with Crippen molar-refractivity contribution in [2.45, 2.75) is 32.0 Å². The summed E-state index contributed by atoms with van der Waals surface area (Å²) in [5.41, 5.74) is 0.794. The number of halogens is 4. The minimum absolute atomic E-state index is 0.0415. The number of pyridine rings is 1. The van der Waals surface area contributed by atoms with Gasteiger partial charge in [0.15, 0.2) is 0 Å². The van der Waals surface area contributed by atoms with Crippen LogP contribution in [0.25, 0.3) is 10.9 Å². The summed E-state index contributed by atoms with van der Waals surface area (Å²) < 4.78 is 53.1. The van der Waals surface area contributed by atoms with Crippen LogP contribution in [-0.2, 0) is 12.7 Å². The van der Waals surface area contributed by atoms with Crippen LogP contribution >= 0.6 is 0 Å². The molecule has 4 nitrogen and oxygen atoms in total. The van der Waals surface area contributed by atoms with Gasteiger partial charge in [-0.3, -0.25) is 9.78 Å². The number of nitrogens with one attached hydrogen (secondary N) is 1. The van der Waals surface area contributed by atoms with Gasteiger partial charge in [-0.15, -0.1) is 0 Å². The molecule has 0 unspecified atom stereocenters. The van der Waals surface area contributed by atoms with Gasteiger partial charge in [-0.1, -0.05) is 12.1 Å². The van der Waals surface area contributed by atoms with Crippen molar-refractivity contribution in [3.8, 4) is 0 Å². The number of hydrogen-bond donors (Lipinski definition) is 1. The highest BCUT2D eigenvalue weighted by Crippen LogP contribution is 2.31. The number of carbonyl (C=O) groups excluding carboxylic acids is 1. The van der Waals surface area contributed by atoms with Gasteiger partial charge in [-0.05, 0) is 55.2 Å². The first-order valence-electron chi connectivity index (χ1n) is 10.1. The molecule has 0 bridgehead atoms. The molecular weight excluding hydrogens is 410 g/mol. The molecule has 8 heteroatoms. The average Bonchev–Trinajstić information content (AvgIpc) is 2.77. The van der Waals surface area contributed by atoms with Crippen molar-refractivity contribution in [3.05, 3.63) is 71.2 Å². The minimum atomic E-state index is -4.45. The molecule has 3 aromatic rings. The fraction of sp³-hybridized carbons (Fsp3) is 0.304. The highest BCUT2D eigenvalue weighted by atomic mass is 19.4. The Labute approximate surface area is 176 Å². The van der Waals surface area contributed by atoms with Crippen LogP contribution in [0.2, 0.25) is 0 Å². The smallest absolute Gasteiger partial charge is 0.380 e. The quantitative estimate of drug-likeness (QED) is 0.545. The zero-order chi connectivity index (χ0) is 22.0. The Bertz CT molecular complexity index is 1110. The molecule has 1 N–H and O–H groups in total. The van der Waals surface area contributed by atoms with E-state index in [4.69, 9.17) is 0 Å². The molecular formula is C23H21F4N3O. The number of amides is 1. The van der Waals surface area contributed by atoms with Crippen molar-refractivity contribution in [3.63, 3.8) is 0 Å². The molecule has 2 aromatic carbocycles. The number of rotatable bonds is 4. The maximum atomic E-state index is 14.0. The molecule has 1 saturated heterocycles. The number of aromatic nitrogens is 1. The largest absolute Gasteiger partial charge is 0.416 e.